The van der Waals surface area contributed by atoms with Crippen LogP contribution in [0.15, 0.2) is 146 Å². The van der Waals surface area contributed by atoms with Gasteiger partial charge in [-0.15, -0.1) is 0 Å². The van der Waals surface area contributed by atoms with Gasteiger partial charge < -0.3 is 21.3 Å². The van der Waals surface area contributed by atoms with Crippen LogP contribution in [-0.4, -0.2) is 59.8 Å². The number of benzene rings is 6. The van der Waals surface area contributed by atoms with Crippen LogP contribution in [0.25, 0.3) is 54.5 Å². The van der Waals surface area contributed by atoms with E-state index in [2.05, 4.69) is 43.4 Å². The molecule has 10 nitrogen and oxygen atoms in total. The molecule has 0 fully saturated rings. The Kier molecular flexibility index (Phi) is 11.1. The highest BCUT2D eigenvalue weighted by atomic mass is 16.2. The summed E-state index contributed by atoms with van der Waals surface area (Å²) >= 11 is 0. The van der Waals surface area contributed by atoms with Gasteiger partial charge in [0.05, 0.1) is 33.6 Å². The Morgan fingerprint density at radius 3 is 1.00 bits per heavy atom. The van der Waals surface area contributed by atoms with Crippen molar-refractivity contribution in [2.75, 3.05) is 26.2 Å². The monoisotopic (exact) mass is 764 g/mol. The average Bonchev–Trinajstić information content (AvgIpc) is 3.26. The Bertz CT molecular complexity index is 2520. The molecule has 2 heterocycles. The summed E-state index contributed by atoms with van der Waals surface area (Å²) in [5.74, 6) is -0.837. The first-order valence-electron chi connectivity index (χ1n) is 19.3. The van der Waals surface area contributed by atoms with E-state index >= 15 is 0 Å². The summed E-state index contributed by atoms with van der Waals surface area (Å²) in [6.07, 6.45) is 4.08. The molecule has 0 spiro atoms. The van der Waals surface area contributed by atoms with E-state index < -0.39 is 0 Å². The summed E-state index contributed by atoms with van der Waals surface area (Å²) in [5.41, 5.74) is 3.21. The number of nitrogens with zero attached hydrogens (tertiary/aromatic N) is 2. The van der Waals surface area contributed by atoms with E-state index in [-0.39, 0.29) is 23.6 Å². The number of rotatable bonds is 13. The van der Waals surface area contributed by atoms with E-state index in [4.69, 9.17) is 0 Å². The highest BCUT2D eigenvalue weighted by Crippen LogP contribution is 2.30. The van der Waals surface area contributed by atoms with Crippen molar-refractivity contribution in [3.8, 4) is 11.4 Å². The number of carbonyl (C=O) groups is 4. The zero-order chi connectivity index (χ0) is 39.8. The summed E-state index contributed by atoms with van der Waals surface area (Å²) < 4.78 is 0. The van der Waals surface area contributed by atoms with Crippen LogP contribution in [0.4, 0.5) is 0 Å². The third-order valence-electron chi connectivity index (χ3n) is 10.2. The molecule has 0 aliphatic heterocycles. The van der Waals surface area contributed by atoms with Gasteiger partial charge >= 0.3 is 0 Å². The fourth-order valence-corrected chi connectivity index (χ4v) is 7.24. The third kappa shape index (κ3) is 8.08. The van der Waals surface area contributed by atoms with Gasteiger partial charge in [0.2, 0.25) is 0 Å². The summed E-state index contributed by atoms with van der Waals surface area (Å²) in [4.78, 5) is 61.1. The van der Waals surface area contributed by atoms with Gasteiger partial charge in [-0.1, -0.05) is 97.1 Å². The number of hydrogen-bond donors (Lipinski definition) is 4. The largest absolute Gasteiger partial charge is 0.352 e. The van der Waals surface area contributed by atoms with Gasteiger partial charge in [-0.05, 0) is 92.3 Å². The Morgan fingerprint density at radius 2 is 0.690 bits per heavy atom. The van der Waals surface area contributed by atoms with Crippen molar-refractivity contribution >= 4 is 66.7 Å². The predicted octanol–water partition coefficient (Wildman–Crippen LogP) is 7.86. The minimum Gasteiger partial charge on any atom is -0.352 e. The van der Waals surface area contributed by atoms with Crippen molar-refractivity contribution < 1.29 is 19.2 Å². The molecule has 286 valence electrons. The molecule has 8 rings (SSSR count). The van der Waals surface area contributed by atoms with E-state index in [0.717, 1.165) is 43.1 Å². The lowest BCUT2D eigenvalue weighted by Gasteiger charge is -2.12. The summed E-state index contributed by atoms with van der Waals surface area (Å²) in [6, 6.07) is 42.4. The molecule has 8 aromatic rings. The molecule has 0 aliphatic rings. The molecular weight excluding hydrogens is 725 g/mol. The second-order valence-electron chi connectivity index (χ2n) is 14.0. The van der Waals surface area contributed by atoms with Crippen LogP contribution in [0, 0.1) is 0 Å². The van der Waals surface area contributed by atoms with Crippen LogP contribution < -0.4 is 21.3 Å². The number of carbonyl (C=O) groups excluding carboxylic acids is 4. The Morgan fingerprint density at radius 1 is 0.379 bits per heavy atom. The van der Waals surface area contributed by atoms with Crippen molar-refractivity contribution in [1.29, 1.82) is 0 Å². The first kappa shape index (κ1) is 37.5. The van der Waals surface area contributed by atoms with Crippen molar-refractivity contribution in [3.63, 3.8) is 0 Å². The average molecular weight is 765 g/mol. The molecule has 58 heavy (non-hydrogen) atoms. The summed E-state index contributed by atoms with van der Waals surface area (Å²) in [7, 11) is 0. The minimum absolute atomic E-state index is 0.147. The van der Waals surface area contributed by atoms with Crippen LogP contribution in [0.5, 0.6) is 0 Å². The fourth-order valence-electron chi connectivity index (χ4n) is 7.24. The van der Waals surface area contributed by atoms with Crippen molar-refractivity contribution in [1.82, 2.24) is 31.2 Å². The molecule has 2 aromatic heterocycles. The van der Waals surface area contributed by atoms with Crippen molar-refractivity contribution in [2.24, 2.45) is 0 Å². The molecule has 6 aromatic carbocycles. The second kappa shape index (κ2) is 17.1. The zero-order valence-corrected chi connectivity index (χ0v) is 31.6. The topological polar surface area (TPSA) is 142 Å². The number of pyridine rings is 2. The van der Waals surface area contributed by atoms with E-state index in [1.807, 2.05) is 97.1 Å². The van der Waals surface area contributed by atoms with E-state index in [1.54, 1.807) is 24.3 Å². The zero-order valence-electron chi connectivity index (χ0n) is 31.6. The van der Waals surface area contributed by atoms with Crippen molar-refractivity contribution in [3.05, 3.63) is 168 Å². The molecule has 0 unspecified atom stereocenters. The van der Waals surface area contributed by atoms with E-state index in [9.17, 15) is 19.2 Å². The highest BCUT2D eigenvalue weighted by Gasteiger charge is 2.16. The van der Waals surface area contributed by atoms with Gasteiger partial charge in [0.1, 0.15) is 0 Å². The van der Waals surface area contributed by atoms with Crippen LogP contribution in [0.3, 0.4) is 0 Å². The second-order valence-corrected chi connectivity index (χ2v) is 14.0. The molecule has 0 saturated carbocycles. The molecule has 4 amide bonds. The predicted molar refractivity (Wildman–Crippen MR) is 229 cm³/mol. The molecule has 0 radical (unpaired) electrons. The van der Waals surface area contributed by atoms with Crippen molar-refractivity contribution in [2.45, 2.75) is 12.8 Å². The van der Waals surface area contributed by atoms with E-state index in [1.165, 1.54) is 12.4 Å². The fraction of sp³-hybridized carbons (Fsp3) is 0.125. The van der Waals surface area contributed by atoms with Crippen LogP contribution in [0.1, 0.15) is 54.3 Å². The van der Waals surface area contributed by atoms with Gasteiger partial charge in [-0.2, -0.15) is 0 Å². The number of fused-ring (bicyclic) bond motifs is 4. The lowest BCUT2D eigenvalue weighted by Crippen LogP contribution is -2.30. The summed E-state index contributed by atoms with van der Waals surface area (Å²) in [5, 5.41) is 19.4. The molecular formula is C48H40N6O4. The Hall–Kier alpha value is -7.46. The Balaban J connectivity index is 0.774. The van der Waals surface area contributed by atoms with Gasteiger partial charge in [-0.25, -0.2) is 0 Å². The highest BCUT2D eigenvalue weighted by molar-refractivity contribution is 6.19. The maximum absolute atomic E-state index is 13.3. The standard InChI is InChI=1S/C48H40N6O4/c55-45(49-23-9-25-51-47(57)43-37-15-5-1-11-31(37)27-32-12-2-6-16-38(32)43)35-19-21-41(53-29-35)42-22-20-36(30-54-42)46(56)50-24-10-26-52-48(58)44-39-17-7-3-13-33(39)28-34-14-4-8-18-40(34)44/h1-8,11-22,27-30H,9-10,23-26H2,(H,49,55)(H,50,56)(H,51,57)(H,52,58). The lowest BCUT2D eigenvalue weighted by atomic mass is 9.96. The molecule has 0 saturated heterocycles. The third-order valence-corrected chi connectivity index (χ3v) is 10.2. The van der Waals surface area contributed by atoms with Gasteiger partial charge in [0.25, 0.3) is 23.6 Å². The summed E-state index contributed by atoms with van der Waals surface area (Å²) in [6.45, 7) is 1.55. The normalized spacial score (nSPS) is 11.1. The SMILES string of the molecule is O=C(NCCCNC(=O)c1c2ccccc2cc2ccccc12)c1ccc(-c2ccc(C(=O)NCCCNC(=O)c3c4ccccc4cc4ccccc34)cn2)nc1. The maximum Gasteiger partial charge on any atom is 0.252 e. The van der Waals surface area contributed by atoms with Crippen LogP contribution in [0.2, 0.25) is 0 Å². The van der Waals surface area contributed by atoms with Crippen LogP contribution >= 0.6 is 0 Å². The molecule has 4 N–H and O–H groups in total. The lowest BCUT2D eigenvalue weighted by molar-refractivity contribution is 0.0936. The number of amides is 4. The first-order chi connectivity index (χ1) is 28.4. The first-order valence-corrected chi connectivity index (χ1v) is 19.3. The maximum atomic E-state index is 13.3. The minimum atomic E-state index is -0.271. The molecule has 10 heteroatoms. The number of aromatic nitrogens is 2. The Labute approximate surface area is 334 Å². The van der Waals surface area contributed by atoms with Gasteiger partial charge in [-0.3, -0.25) is 29.1 Å². The van der Waals surface area contributed by atoms with Gasteiger partial charge in [0.15, 0.2) is 0 Å². The number of nitrogens with one attached hydrogen (secondary N) is 4. The quantitative estimate of drug-likeness (QED) is 0.0696. The molecule has 0 bridgehead atoms. The molecule has 0 atom stereocenters. The molecule has 0 aliphatic carbocycles. The van der Waals surface area contributed by atoms with Gasteiger partial charge in [0, 0.05) is 38.6 Å². The number of hydrogen-bond acceptors (Lipinski definition) is 6. The van der Waals surface area contributed by atoms with Crippen LogP contribution in [-0.2, 0) is 0 Å². The smallest absolute Gasteiger partial charge is 0.252 e. The van der Waals surface area contributed by atoms with E-state index in [0.29, 0.717) is 72.7 Å².